The SMILES string of the molecule is CC(C)(C)c1cc(NC(=O)Cc2ccc(NC(=O)c3csc(-c4ccncc4)n3)cc2)no1. The molecule has 8 nitrogen and oxygen atoms in total. The van der Waals surface area contributed by atoms with Crippen LogP contribution in [0.3, 0.4) is 0 Å². The Hall–Kier alpha value is -3.85. The number of carbonyl (C=O) groups is 2. The van der Waals surface area contributed by atoms with Gasteiger partial charge in [-0.25, -0.2) is 4.98 Å². The Kier molecular flexibility index (Phi) is 6.32. The van der Waals surface area contributed by atoms with Crippen LogP contribution in [0.5, 0.6) is 0 Å². The molecule has 33 heavy (non-hydrogen) atoms. The third-order valence-electron chi connectivity index (χ3n) is 4.76. The summed E-state index contributed by atoms with van der Waals surface area (Å²) < 4.78 is 5.28. The minimum absolute atomic E-state index is 0.174. The first kappa shape index (κ1) is 22.3. The Morgan fingerprint density at radius 2 is 1.76 bits per heavy atom. The zero-order valence-electron chi connectivity index (χ0n) is 18.5. The summed E-state index contributed by atoms with van der Waals surface area (Å²) in [5.41, 5.74) is 2.50. The molecule has 0 aliphatic rings. The van der Waals surface area contributed by atoms with Gasteiger partial charge in [0.1, 0.15) is 16.5 Å². The third kappa shape index (κ3) is 5.69. The average molecular weight is 462 g/mol. The van der Waals surface area contributed by atoms with Crippen molar-refractivity contribution in [3.8, 4) is 10.6 Å². The van der Waals surface area contributed by atoms with E-state index in [4.69, 9.17) is 4.52 Å². The van der Waals surface area contributed by atoms with Crippen LogP contribution in [0.1, 0.15) is 42.6 Å². The molecule has 0 fully saturated rings. The van der Waals surface area contributed by atoms with Gasteiger partial charge in [-0.1, -0.05) is 38.1 Å². The van der Waals surface area contributed by atoms with Crippen molar-refractivity contribution in [3.05, 3.63) is 77.3 Å². The van der Waals surface area contributed by atoms with Crippen molar-refractivity contribution >= 4 is 34.7 Å². The summed E-state index contributed by atoms with van der Waals surface area (Å²) in [6.07, 6.45) is 3.55. The molecular formula is C24H23N5O3S. The van der Waals surface area contributed by atoms with E-state index in [1.54, 1.807) is 48.1 Å². The van der Waals surface area contributed by atoms with Crippen LogP contribution in [0.25, 0.3) is 10.6 Å². The van der Waals surface area contributed by atoms with E-state index in [1.165, 1.54) is 11.3 Å². The number of hydrogen-bond acceptors (Lipinski definition) is 7. The number of nitrogens with zero attached hydrogens (tertiary/aromatic N) is 3. The molecular weight excluding hydrogens is 438 g/mol. The minimum atomic E-state index is -0.294. The predicted octanol–water partition coefficient (Wildman–Crippen LogP) is 4.92. The Labute approximate surface area is 195 Å². The summed E-state index contributed by atoms with van der Waals surface area (Å²) in [5, 5.41) is 11.9. The van der Waals surface area contributed by atoms with Crippen molar-refractivity contribution in [3.63, 3.8) is 0 Å². The highest BCUT2D eigenvalue weighted by Crippen LogP contribution is 2.25. The largest absolute Gasteiger partial charge is 0.359 e. The molecule has 0 radical (unpaired) electrons. The Bertz CT molecular complexity index is 1260. The first-order chi connectivity index (χ1) is 15.8. The van der Waals surface area contributed by atoms with Gasteiger partial charge in [0.25, 0.3) is 5.91 Å². The van der Waals surface area contributed by atoms with Crippen LogP contribution in [0.2, 0.25) is 0 Å². The van der Waals surface area contributed by atoms with E-state index >= 15 is 0 Å². The number of hydrogen-bond donors (Lipinski definition) is 2. The van der Waals surface area contributed by atoms with E-state index in [2.05, 4.69) is 25.8 Å². The molecule has 2 N–H and O–H groups in total. The first-order valence-corrected chi connectivity index (χ1v) is 11.2. The van der Waals surface area contributed by atoms with Gasteiger partial charge in [-0.05, 0) is 29.8 Å². The van der Waals surface area contributed by atoms with Crippen LogP contribution in [0.4, 0.5) is 11.5 Å². The van der Waals surface area contributed by atoms with Crippen molar-refractivity contribution in [2.75, 3.05) is 10.6 Å². The molecule has 4 rings (SSSR count). The Balaban J connectivity index is 1.33. The summed E-state index contributed by atoms with van der Waals surface area (Å²) in [6.45, 7) is 6.02. The van der Waals surface area contributed by atoms with Crippen LogP contribution in [0.15, 0.2) is 64.8 Å². The molecule has 0 spiro atoms. The van der Waals surface area contributed by atoms with Gasteiger partial charge in [0.05, 0.1) is 6.42 Å². The van der Waals surface area contributed by atoms with Crippen LogP contribution < -0.4 is 10.6 Å². The molecule has 0 unspecified atom stereocenters. The quantitative estimate of drug-likeness (QED) is 0.422. The number of amides is 2. The number of nitrogens with one attached hydrogen (secondary N) is 2. The molecule has 4 aromatic rings. The summed E-state index contributed by atoms with van der Waals surface area (Å²) in [4.78, 5) is 33.3. The average Bonchev–Trinajstić information content (AvgIpc) is 3.46. The highest BCUT2D eigenvalue weighted by molar-refractivity contribution is 7.13. The molecule has 0 saturated carbocycles. The number of carbonyl (C=O) groups excluding carboxylic acids is 2. The molecule has 9 heteroatoms. The number of rotatable bonds is 6. The fourth-order valence-corrected chi connectivity index (χ4v) is 3.77. The maximum Gasteiger partial charge on any atom is 0.275 e. The maximum atomic E-state index is 12.5. The summed E-state index contributed by atoms with van der Waals surface area (Å²) in [5.74, 6) is 0.596. The van der Waals surface area contributed by atoms with Crippen LogP contribution in [-0.2, 0) is 16.6 Å². The molecule has 168 valence electrons. The fourth-order valence-electron chi connectivity index (χ4n) is 2.97. The van der Waals surface area contributed by atoms with E-state index in [0.29, 0.717) is 23.0 Å². The normalized spacial score (nSPS) is 11.2. The standard InChI is InChI=1S/C24H23N5O3S/c1-24(2,3)19-13-20(29-32-19)28-21(30)12-15-4-6-17(7-5-15)26-22(31)18-14-33-23(27-18)16-8-10-25-11-9-16/h4-11,13-14H,12H2,1-3H3,(H,26,31)(H,28,29,30). The molecule has 3 heterocycles. The maximum absolute atomic E-state index is 12.5. The van der Waals surface area contributed by atoms with Gasteiger partial charge in [-0.3, -0.25) is 14.6 Å². The third-order valence-corrected chi connectivity index (χ3v) is 5.65. The molecule has 0 atom stereocenters. The second-order valence-corrected chi connectivity index (χ2v) is 9.33. The Morgan fingerprint density at radius 1 is 1.03 bits per heavy atom. The van der Waals surface area contributed by atoms with Crippen molar-refractivity contribution in [1.29, 1.82) is 0 Å². The van der Waals surface area contributed by atoms with Crippen LogP contribution >= 0.6 is 11.3 Å². The van der Waals surface area contributed by atoms with Gasteiger partial charge < -0.3 is 15.2 Å². The molecule has 0 aliphatic heterocycles. The van der Waals surface area contributed by atoms with Gasteiger partial charge in [0.2, 0.25) is 5.91 Å². The van der Waals surface area contributed by atoms with E-state index in [9.17, 15) is 9.59 Å². The van der Waals surface area contributed by atoms with Crippen LogP contribution in [-0.4, -0.2) is 26.9 Å². The topological polar surface area (TPSA) is 110 Å². The lowest BCUT2D eigenvalue weighted by atomic mass is 9.93. The van der Waals surface area contributed by atoms with E-state index in [-0.39, 0.29) is 23.7 Å². The van der Waals surface area contributed by atoms with Crippen molar-refractivity contribution in [2.24, 2.45) is 0 Å². The Morgan fingerprint density at radius 3 is 2.42 bits per heavy atom. The van der Waals surface area contributed by atoms with Gasteiger partial charge in [0, 0.05) is 40.5 Å². The van der Waals surface area contributed by atoms with Crippen molar-refractivity contribution < 1.29 is 14.1 Å². The van der Waals surface area contributed by atoms with Gasteiger partial charge in [-0.2, -0.15) is 0 Å². The molecule has 0 bridgehead atoms. The summed E-state index contributed by atoms with van der Waals surface area (Å²) in [7, 11) is 0. The molecule has 0 saturated heterocycles. The second kappa shape index (κ2) is 9.33. The smallest absolute Gasteiger partial charge is 0.275 e. The highest BCUT2D eigenvalue weighted by Gasteiger charge is 2.20. The van der Waals surface area contributed by atoms with Gasteiger partial charge in [0.15, 0.2) is 5.82 Å². The first-order valence-electron chi connectivity index (χ1n) is 10.3. The zero-order valence-corrected chi connectivity index (χ0v) is 19.3. The van der Waals surface area contributed by atoms with Crippen molar-refractivity contribution in [1.82, 2.24) is 15.1 Å². The van der Waals surface area contributed by atoms with Crippen LogP contribution in [0, 0.1) is 0 Å². The monoisotopic (exact) mass is 461 g/mol. The van der Waals surface area contributed by atoms with E-state index in [1.807, 2.05) is 32.9 Å². The number of thiazole rings is 1. The zero-order chi connectivity index (χ0) is 23.4. The number of benzene rings is 1. The molecule has 3 aromatic heterocycles. The highest BCUT2D eigenvalue weighted by atomic mass is 32.1. The number of aromatic nitrogens is 3. The summed E-state index contributed by atoms with van der Waals surface area (Å²) >= 11 is 1.40. The van der Waals surface area contributed by atoms with E-state index < -0.39 is 0 Å². The lowest BCUT2D eigenvalue weighted by Crippen LogP contribution is -2.15. The molecule has 2 amide bonds. The minimum Gasteiger partial charge on any atom is -0.359 e. The summed E-state index contributed by atoms with van der Waals surface area (Å²) in [6, 6.07) is 12.5. The van der Waals surface area contributed by atoms with Gasteiger partial charge >= 0.3 is 0 Å². The fraction of sp³-hybridized carbons (Fsp3) is 0.208. The lowest BCUT2D eigenvalue weighted by molar-refractivity contribution is -0.115. The van der Waals surface area contributed by atoms with Gasteiger partial charge in [-0.15, -0.1) is 11.3 Å². The predicted molar refractivity (Wildman–Crippen MR) is 127 cm³/mol. The molecule has 1 aromatic carbocycles. The second-order valence-electron chi connectivity index (χ2n) is 8.48. The van der Waals surface area contributed by atoms with E-state index in [0.717, 1.165) is 16.1 Å². The molecule has 0 aliphatic carbocycles. The lowest BCUT2D eigenvalue weighted by Gasteiger charge is -2.12. The number of anilines is 2. The number of pyridine rings is 1. The van der Waals surface area contributed by atoms with Crippen molar-refractivity contribution in [2.45, 2.75) is 32.6 Å².